The van der Waals surface area contributed by atoms with Gasteiger partial charge in [-0.25, -0.2) is 0 Å². The van der Waals surface area contributed by atoms with Gasteiger partial charge in [0.05, 0.1) is 11.4 Å². The highest BCUT2D eigenvalue weighted by Crippen LogP contribution is 2.33. The molecule has 1 aromatic carbocycles. The molecule has 1 saturated heterocycles. The molecule has 0 radical (unpaired) electrons. The average Bonchev–Trinajstić information content (AvgIpc) is 2.47. The van der Waals surface area contributed by atoms with E-state index in [0.717, 1.165) is 19.5 Å². The first-order chi connectivity index (χ1) is 9.50. The number of anilines is 2. The average molecular weight is 275 g/mol. The van der Waals surface area contributed by atoms with E-state index in [2.05, 4.69) is 74.2 Å². The molecule has 1 N–H and O–H groups in total. The maximum Gasteiger partial charge on any atom is 0.0607 e. The van der Waals surface area contributed by atoms with Gasteiger partial charge in [0.15, 0.2) is 0 Å². The molecule has 0 bridgehead atoms. The molecule has 20 heavy (non-hydrogen) atoms. The smallest absolute Gasteiger partial charge is 0.0607 e. The largest absolute Gasteiger partial charge is 0.376 e. The minimum absolute atomic E-state index is 0.213. The number of piperazine rings is 1. The number of hydrogen-bond donors (Lipinski definition) is 1. The number of rotatable bonds is 4. The Bertz CT molecular complexity index is 444. The summed E-state index contributed by atoms with van der Waals surface area (Å²) in [4.78, 5) is 4.82. The Kier molecular flexibility index (Phi) is 4.59. The summed E-state index contributed by atoms with van der Waals surface area (Å²) >= 11 is 0. The van der Waals surface area contributed by atoms with E-state index in [1.807, 2.05) is 0 Å². The lowest BCUT2D eigenvalue weighted by Gasteiger charge is -2.48. The van der Waals surface area contributed by atoms with E-state index >= 15 is 0 Å². The second-order valence-corrected chi connectivity index (χ2v) is 6.37. The maximum absolute atomic E-state index is 3.74. The molecule has 1 heterocycles. The van der Waals surface area contributed by atoms with Crippen molar-refractivity contribution < 1.29 is 0 Å². The fourth-order valence-corrected chi connectivity index (χ4v) is 3.00. The molecule has 112 valence electrons. The molecule has 2 atom stereocenters. The molecular formula is C17H29N3. The molecule has 3 nitrogen and oxygen atoms in total. The molecule has 3 heteroatoms. The van der Waals surface area contributed by atoms with E-state index in [0.29, 0.717) is 6.04 Å². The zero-order chi connectivity index (χ0) is 14.8. The SMILES string of the molecule is CCC1CNC(C)(CC)CN1c1ccccc1N(C)C. The van der Waals surface area contributed by atoms with Crippen molar-refractivity contribution in [2.75, 3.05) is 37.0 Å². The van der Waals surface area contributed by atoms with Crippen LogP contribution >= 0.6 is 0 Å². The Hall–Kier alpha value is -1.22. The van der Waals surface area contributed by atoms with Crippen molar-refractivity contribution in [3.8, 4) is 0 Å². The molecule has 1 aliphatic heterocycles. The first-order valence-corrected chi connectivity index (χ1v) is 7.78. The summed E-state index contributed by atoms with van der Waals surface area (Å²) in [6.07, 6.45) is 2.33. The monoisotopic (exact) mass is 275 g/mol. The molecule has 0 saturated carbocycles. The van der Waals surface area contributed by atoms with Gasteiger partial charge in [0.1, 0.15) is 0 Å². The summed E-state index contributed by atoms with van der Waals surface area (Å²) in [7, 11) is 4.25. The van der Waals surface area contributed by atoms with E-state index < -0.39 is 0 Å². The lowest BCUT2D eigenvalue weighted by atomic mass is 9.92. The van der Waals surface area contributed by atoms with Crippen molar-refractivity contribution in [1.82, 2.24) is 5.32 Å². The zero-order valence-corrected chi connectivity index (χ0v) is 13.6. The van der Waals surface area contributed by atoms with E-state index in [1.165, 1.54) is 17.8 Å². The fraction of sp³-hybridized carbons (Fsp3) is 0.647. The van der Waals surface area contributed by atoms with E-state index in [1.54, 1.807) is 0 Å². The van der Waals surface area contributed by atoms with Crippen molar-refractivity contribution in [2.45, 2.75) is 45.2 Å². The van der Waals surface area contributed by atoms with Crippen LogP contribution in [-0.4, -0.2) is 38.8 Å². The third-order valence-electron chi connectivity index (χ3n) is 4.65. The molecule has 2 unspecified atom stereocenters. The van der Waals surface area contributed by atoms with Crippen molar-refractivity contribution in [1.29, 1.82) is 0 Å². The van der Waals surface area contributed by atoms with Crippen molar-refractivity contribution >= 4 is 11.4 Å². The molecule has 0 spiro atoms. The maximum atomic E-state index is 3.74. The second kappa shape index (κ2) is 6.04. The predicted octanol–water partition coefficient (Wildman–Crippen LogP) is 3.11. The van der Waals surface area contributed by atoms with Crippen LogP contribution in [-0.2, 0) is 0 Å². The lowest BCUT2D eigenvalue weighted by molar-refractivity contribution is 0.276. The Morgan fingerprint density at radius 2 is 2.00 bits per heavy atom. The van der Waals surface area contributed by atoms with E-state index in [-0.39, 0.29) is 5.54 Å². The summed E-state index contributed by atoms with van der Waals surface area (Å²) in [6, 6.07) is 9.34. The van der Waals surface area contributed by atoms with Crippen molar-refractivity contribution in [3.63, 3.8) is 0 Å². The van der Waals surface area contributed by atoms with Crippen LogP contribution in [0.2, 0.25) is 0 Å². The van der Waals surface area contributed by atoms with Crippen LogP contribution < -0.4 is 15.1 Å². The Morgan fingerprint density at radius 3 is 2.60 bits per heavy atom. The number of nitrogens with zero attached hydrogens (tertiary/aromatic N) is 2. The van der Waals surface area contributed by atoms with Crippen LogP contribution in [0.3, 0.4) is 0 Å². The third kappa shape index (κ3) is 2.93. The first-order valence-electron chi connectivity index (χ1n) is 7.78. The highest BCUT2D eigenvalue weighted by molar-refractivity contribution is 5.71. The predicted molar refractivity (Wildman–Crippen MR) is 88.9 cm³/mol. The van der Waals surface area contributed by atoms with Gasteiger partial charge in [-0.2, -0.15) is 0 Å². The van der Waals surface area contributed by atoms with Crippen LogP contribution in [0.25, 0.3) is 0 Å². The summed E-state index contributed by atoms with van der Waals surface area (Å²) < 4.78 is 0. The molecule has 1 aromatic rings. The third-order valence-corrected chi connectivity index (χ3v) is 4.65. The standard InChI is InChI=1S/C17H29N3/c1-6-14-12-18-17(3,7-2)13-20(14)16-11-9-8-10-15(16)19(4)5/h8-11,14,18H,6-7,12-13H2,1-5H3. The van der Waals surface area contributed by atoms with Gasteiger partial charge in [0, 0.05) is 38.8 Å². The molecule has 1 fully saturated rings. The summed E-state index contributed by atoms with van der Waals surface area (Å²) in [5.74, 6) is 0. The first kappa shape index (κ1) is 15.2. The quantitative estimate of drug-likeness (QED) is 0.911. The fourth-order valence-electron chi connectivity index (χ4n) is 3.00. The molecule has 1 aliphatic rings. The van der Waals surface area contributed by atoms with Gasteiger partial charge in [-0.1, -0.05) is 26.0 Å². The summed E-state index contributed by atoms with van der Waals surface area (Å²) in [5.41, 5.74) is 2.89. The van der Waals surface area contributed by atoms with Gasteiger partial charge in [0.2, 0.25) is 0 Å². The van der Waals surface area contributed by atoms with Crippen molar-refractivity contribution in [3.05, 3.63) is 24.3 Å². The van der Waals surface area contributed by atoms with Crippen LogP contribution in [0.5, 0.6) is 0 Å². The van der Waals surface area contributed by atoms with Gasteiger partial charge in [-0.3, -0.25) is 0 Å². The molecule has 2 rings (SSSR count). The topological polar surface area (TPSA) is 18.5 Å². The van der Waals surface area contributed by atoms with E-state index in [9.17, 15) is 0 Å². The molecule has 0 aliphatic carbocycles. The van der Waals surface area contributed by atoms with Gasteiger partial charge < -0.3 is 15.1 Å². The van der Waals surface area contributed by atoms with E-state index in [4.69, 9.17) is 0 Å². The number of nitrogens with one attached hydrogen (secondary N) is 1. The van der Waals surface area contributed by atoms with Gasteiger partial charge in [-0.15, -0.1) is 0 Å². The van der Waals surface area contributed by atoms with Gasteiger partial charge in [0.25, 0.3) is 0 Å². The minimum atomic E-state index is 0.213. The number of hydrogen-bond acceptors (Lipinski definition) is 3. The lowest BCUT2D eigenvalue weighted by Crippen LogP contribution is -2.63. The molecule has 0 amide bonds. The Labute approximate surface area is 124 Å². The van der Waals surface area contributed by atoms with Crippen LogP contribution in [0.1, 0.15) is 33.6 Å². The molecule has 0 aromatic heterocycles. The van der Waals surface area contributed by atoms with Gasteiger partial charge >= 0.3 is 0 Å². The Morgan fingerprint density at radius 1 is 1.30 bits per heavy atom. The summed E-state index contributed by atoms with van der Waals surface area (Å²) in [5, 5.41) is 3.74. The number of para-hydroxylation sites is 2. The van der Waals surface area contributed by atoms with Gasteiger partial charge in [-0.05, 0) is 31.9 Å². The summed E-state index contributed by atoms with van der Waals surface area (Å²) in [6.45, 7) is 9.04. The highest BCUT2D eigenvalue weighted by atomic mass is 15.3. The zero-order valence-electron chi connectivity index (χ0n) is 13.6. The van der Waals surface area contributed by atoms with Crippen LogP contribution in [0, 0.1) is 0 Å². The van der Waals surface area contributed by atoms with Crippen LogP contribution in [0.4, 0.5) is 11.4 Å². The Balaban J connectivity index is 2.36. The molecular weight excluding hydrogens is 246 g/mol. The van der Waals surface area contributed by atoms with Crippen LogP contribution in [0.15, 0.2) is 24.3 Å². The van der Waals surface area contributed by atoms with Crippen molar-refractivity contribution in [2.24, 2.45) is 0 Å². The number of benzene rings is 1. The second-order valence-electron chi connectivity index (χ2n) is 6.37. The normalized spacial score (nSPS) is 26.6. The highest BCUT2D eigenvalue weighted by Gasteiger charge is 2.34. The minimum Gasteiger partial charge on any atom is -0.376 e.